The lowest BCUT2D eigenvalue weighted by molar-refractivity contribution is 0.586. The van der Waals surface area contributed by atoms with E-state index in [9.17, 15) is 4.39 Å². The van der Waals surface area contributed by atoms with E-state index in [0.717, 1.165) is 24.9 Å². The van der Waals surface area contributed by atoms with Crippen molar-refractivity contribution in [3.05, 3.63) is 35.6 Å². The molecule has 0 fully saturated rings. The molecule has 78 valence electrons. The molecule has 0 aromatic heterocycles. The lowest BCUT2D eigenvalue weighted by Gasteiger charge is -2.11. The molecule has 0 bridgehead atoms. The Kier molecular flexibility index (Phi) is 4.56. The van der Waals surface area contributed by atoms with Gasteiger partial charge in [0.05, 0.1) is 0 Å². The van der Waals surface area contributed by atoms with Crippen molar-refractivity contribution in [2.75, 3.05) is 13.6 Å². The third kappa shape index (κ3) is 3.44. The van der Waals surface area contributed by atoms with Crippen molar-refractivity contribution in [1.82, 2.24) is 5.32 Å². The van der Waals surface area contributed by atoms with Gasteiger partial charge in [0.2, 0.25) is 0 Å². The Morgan fingerprint density at radius 1 is 1.36 bits per heavy atom. The molecule has 2 nitrogen and oxygen atoms in total. The summed E-state index contributed by atoms with van der Waals surface area (Å²) in [5.74, 6) is -0.212. The van der Waals surface area contributed by atoms with Gasteiger partial charge in [0.1, 0.15) is 5.82 Å². The summed E-state index contributed by atoms with van der Waals surface area (Å²) in [5, 5.41) is 3.07. The van der Waals surface area contributed by atoms with Crippen LogP contribution in [-0.2, 0) is 0 Å². The molecular weight excluding hydrogens is 179 g/mol. The van der Waals surface area contributed by atoms with Crippen molar-refractivity contribution < 1.29 is 4.39 Å². The molecule has 1 aromatic rings. The minimum atomic E-state index is -0.212. The van der Waals surface area contributed by atoms with E-state index >= 15 is 0 Å². The van der Waals surface area contributed by atoms with Crippen LogP contribution in [0.25, 0.3) is 0 Å². The average Bonchev–Trinajstić information content (AvgIpc) is 2.19. The molecule has 0 saturated carbocycles. The van der Waals surface area contributed by atoms with Crippen LogP contribution in [0.3, 0.4) is 0 Å². The molecule has 1 unspecified atom stereocenters. The van der Waals surface area contributed by atoms with Crippen LogP contribution >= 0.6 is 0 Å². The van der Waals surface area contributed by atoms with Crippen molar-refractivity contribution in [2.24, 2.45) is 5.73 Å². The predicted molar refractivity (Wildman–Crippen MR) is 56.5 cm³/mol. The molecule has 0 radical (unpaired) electrons. The maximum atomic E-state index is 12.6. The molecule has 1 rings (SSSR count). The first kappa shape index (κ1) is 11.1. The van der Waals surface area contributed by atoms with Crippen LogP contribution in [0.2, 0.25) is 0 Å². The molecule has 3 heteroatoms. The Morgan fingerprint density at radius 2 is 2.00 bits per heavy atom. The van der Waals surface area contributed by atoms with E-state index in [1.165, 1.54) is 12.1 Å². The van der Waals surface area contributed by atoms with Gasteiger partial charge in [-0.2, -0.15) is 0 Å². The number of nitrogens with two attached hydrogens (primary N) is 1. The molecule has 1 aromatic carbocycles. The summed E-state index contributed by atoms with van der Waals surface area (Å²) in [6, 6.07) is 6.42. The topological polar surface area (TPSA) is 38.0 Å². The van der Waals surface area contributed by atoms with E-state index in [-0.39, 0.29) is 11.9 Å². The highest BCUT2D eigenvalue weighted by Gasteiger charge is 2.04. The summed E-state index contributed by atoms with van der Waals surface area (Å²) in [6.45, 7) is 0.967. The Labute approximate surface area is 84.3 Å². The zero-order chi connectivity index (χ0) is 10.4. The Bertz CT molecular complexity index is 258. The smallest absolute Gasteiger partial charge is 0.123 e. The number of halogens is 1. The SMILES string of the molecule is CNCCCC(N)c1ccc(F)cc1. The van der Waals surface area contributed by atoms with E-state index in [1.807, 2.05) is 7.05 Å². The highest BCUT2D eigenvalue weighted by atomic mass is 19.1. The maximum absolute atomic E-state index is 12.6. The summed E-state index contributed by atoms with van der Waals surface area (Å²) in [7, 11) is 1.92. The summed E-state index contributed by atoms with van der Waals surface area (Å²) in [6.07, 6.45) is 1.96. The van der Waals surface area contributed by atoms with Crippen LogP contribution < -0.4 is 11.1 Å². The van der Waals surface area contributed by atoms with Gasteiger partial charge in [-0.25, -0.2) is 4.39 Å². The fourth-order valence-corrected chi connectivity index (χ4v) is 1.38. The van der Waals surface area contributed by atoms with Gasteiger partial charge in [-0.1, -0.05) is 12.1 Å². The van der Waals surface area contributed by atoms with Crippen molar-refractivity contribution in [2.45, 2.75) is 18.9 Å². The molecule has 0 spiro atoms. The van der Waals surface area contributed by atoms with Crippen LogP contribution in [0.5, 0.6) is 0 Å². The fraction of sp³-hybridized carbons (Fsp3) is 0.455. The standard InChI is InChI=1S/C11H17FN2/c1-14-8-2-3-11(13)9-4-6-10(12)7-5-9/h4-7,11,14H,2-3,8,13H2,1H3. The van der Waals surface area contributed by atoms with Crippen LogP contribution in [0.15, 0.2) is 24.3 Å². The minimum absolute atomic E-state index is 0.0175. The van der Waals surface area contributed by atoms with Gasteiger partial charge in [0.25, 0.3) is 0 Å². The molecule has 0 amide bonds. The normalized spacial score (nSPS) is 12.8. The third-order valence-corrected chi connectivity index (χ3v) is 2.24. The van der Waals surface area contributed by atoms with Crippen LogP contribution in [-0.4, -0.2) is 13.6 Å². The lowest BCUT2D eigenvalue weighted by Crippen LogP contribution is -2.14. The average molecular weight is 196 g/mol. The third-order valence-electron chi connectivity index (χ3n) is 2.24. The molecular formula is C11H17FN2. The second-order valence-electron chi connectivity index (χ2n) is 3.40. The molecule has 0 aliphatic carbocycles. The summed E-state index contributed by atoms with van der Waals surface area (Å²) < 4.78 is 12.6. The first-order chi connectivity index (χ1) is 6.74. The first-order valence-corrected chi connectivity index (χ1v) is 4.89. The number of hydrogen-bond donors (Lipinski definition) is 2. The fourth-order valence-electron chi connectivity index (χ4n) is 1.38. The van der Waals surface area contributed by atoms with Gasteiger partial charge < -0.3 is 11.1 Å². The molecule has 0 heterocycles. The van der Waals surface area contributed by atoms with E-state index in [2.05, 4.69) is 5.32 Å². The van der Waals surface area contributed by atoms with E-state index < -0.39 is 0 Å². The first-order valence-electron chi connectivity index (χ1n) is 4.89. The highest BCUT2D eigenvalue weighted by molar-refractivity contribution is 5.19. The largest absolute Gasteiger partial charge is 0.324 e. The zero-order valence-corrected chi connectivity index (χ0v) is 8.46. The molecule has 0 aliphatic rings. The van der Waals surface area contributed by atoms with Gasteiger partial charge >= 0.3 is 0 Å². The zero-order valence-electron chi connectivity index (χ0n) is 8.46. The maximum Gasteiger partial charge on any atom is 0.123 e. The van der Waals surface area contributed by atoms with Crippen LogP contribution in [0.4, 0.5) is 4.39 Å². The van der Waals surface area contributed by atoms with Crippen LogP contribution in [0, 0.1) is 5.82 Å². The van der Waals surface area contributed by atoms with Crippen molar-refractivity contribution in [1.29, 1.82) is 0 Å². The van der Waals surface area contributed by atoms with Crippen molar-refractivity contribution >= 4 is 0 Å². The van der Waals surface area contributed by atoms with E-state index in [4.69, 9.17) is 5.73 Å². The van der Waals surface area contributed by atoms with Gasteiger partial charge in [0, 0.05) is 6.04 Å². The quantitative estimate of drug-likeness (QED) is 0.705. The summed E-state index contributed by atoms with van der Waals surface area (Å²) >= 11 is 0. The molecule has 1 atom stereocenters. The number of rotatable bonds is 5. The van der Waals surface area contributed by atoms with E-state index in [1.54, 1.807) is 12.1 Å². The van der Waals surface area contributed by atoms with Crippen LogP contribution in [0.1, 0.15) is 24.4 Å². The minimum Gasteiger partial charge on any atom is -0.324 e. The van der Waals surface area contributed by atoms with Gasteiger partial charge in [-0.05, 0) is 44.1 Å². The number of benzene rings is 1. The van der Waals surface area contributed by atoms with Gasteiger partial charge in [0.15, 0.2) is 0 Å². The second-order valence-corrected chi connectivity index (χ2v) is 3.40. The Morgan fingerprint density at radius 3 is 2.57 bits per heavy atom. The second kappa shape index (κ2) is 5.73. The summed E-state index contributed by atoms with van der Waals surface area (Å²) in [5.41, 5.74) is 6.94. The number of nitrogens with one attached hydrogen (secondary N) is 1. The van der Waals surface area contributed by atoms with Gasteiger partial charge in [-0.3, -0.25) is 0 Å². The number of hydrogen-bond acceptors (Lipinski definition) is 2. The highest BCUT2D eigenvalue weighted by Crippen LogP contribution is 2.15. The monoisotopic (exact) mass is 196 g/mol. The molecule has 14 heavy (non-hydrogen) atoms. The van der Waals surface area contributed by atoms with Crippen molar-refractivity contribution in [3.8, 4) is 0 Å². The van der Waals surface area contributed by atoms with Gasteiger partial charge in [-0.15, -0.1) is 0 Å². The molecule has 3 N–H and O–H groups in total. The molecule has 0 saturated heterocycles. The van der Waals surface area contributed by atoms with E-state index in [0.29, 0.717) is 0 Å². The summed E-state index contributed by atoms with van der Waals surface area (Å²) in [4.78, 5) is 0. The predicted octanol–water partition coefficient (Wildman–Crippen LogP) is 1.83. The Hall–Kier alpha value is -0.930. The Balaban J connectivity index is 2.43. The lowest BCUT2D eigenvalue weighted by atomic mass is 10.0. The van der Waals surface area contributed by atoms with Crippen molar-refractivity contribution in [3.63, 3.8) is 0 Å². The molecule has 0 aliphatic heterocycles.